The number of Topliss-reactive ketones (excluding diaryl/α,β-unsaturated/α-hetero) is 2. The molecule has 0 radical (unpaired) electrons. The van der Waals surface area contributed by atoms with Gasteiger partial charge in [0.1, 0.15) is 11.6 Å². The summed E-state index contributed by atoms with van der Waals surface area (Å²) in [4.78, 5) is 21.7. The highest BCUT2D eigenvalue weighted by Gasteiger charge is 2.18. The maximum absolute atomic E-state index is 10.8. The molecule has 0 fully saturated rings. The van der Waals surface area contributed by atoms with Crippen LogP contribution in [-0.4, -0.2) is 11.6 Å². The minimum atomic E-state index is -0.130. The van der Waals surface area contributed by atoms with Crippen LogP contribution >= 0.6 is 0 Å². The number of ketones is 2. The van der Waals surface area contributed by atoms with Gasteiger partial charge in [0.2, 0.25) is 0 Å². The van der Waals surface area contributed by atoms with Crippen LogP contribution in [0.5, 0.6) is 0 Å². The average molecular weight is 244 g/mol. The molecule has 0 aromatic rings. The van der Waals surface area contributed by atoms with Crippen LogP contribution in [0.25, 0.3) is 0 Å². The number of hydrogen-bond donors (Lipinski definition) is 0. The Labute approximate surface area is 108 Å². The Kier molecular flexibility index (Phi) is 10.7. The summed E-state index contributed by atoms with van der Waals surface area (Å²) in [5, 5.41) is 0. The lowest BCUT2D eigenvalue weighted by atomic mass is 9.89. The molecule has 0 N–H and O–H groups in total. The minimum Gasteiger partial charge on any atom is -0.299 e. The molecule has 2 nitrogen and oxygen atoms in total. The summed E-state index contributed by atoms with van der Waals surface area (Å²) >= 11 is 0. The van der Waals surface area contributed by atoms with Crippen LogP contribution in [0, 0.1) is 10.8 Å². The molecule has 0 atom stereocenters. The van der Waals surface area contributed by atoms with E-state index in [0.717, 1.165) is 0 Å². The van der Waals surface area contributed by atoms with E-state index in [2.05, 4.69) is 0 Å². The van der Waals surface area contributed by atoms with Crippen LogP contribution in [-0.2, 0) is 9.59 Å². The van der Waals surface area contributed by atoms with Crippen LogP contribution in [0.15, 0.2) is 0 Å². The maximum atomic E-state index is 10.8. The number of rotatable bonds is 2. The molecular weight excluding hydrogens is 212 g/mol. The van der Waals surface area contributed by atoms with Gasteiger partial charge >= 0.3 is 0 Å². The van der Waals surface area contributed by atoms with Gasteiger partial charge in [-0.25, -0.2) is 0 Å². The van der Waals surface area contributed by atoms with Crippen molar-refractivity contribution < 1.29 is 9.59 Å². The van der Waals surface area contributed by atoms with E-state index in [-0.39, 0.29) is 18.3 Å². The lowest BCUT2D eigenvalue weighted by Crippen LogP contribution is -2.18. The third-order valence-corrected chi connectivity index (χ3v) is 2.32. The van der Waals surface area contributed by atoms with E-state index < -0.39 is 0 Å². The third-order valence-electron chi connectivity index (χ3n) is 2.32. The first-order valence-electron chi connectivity index (χ1n) is 6.03. The van der Waals surface area contributed by atoms with Crippen LogP contribution in [0.1, 0.15) is 75.7 Å². The van der Waals surface area contributed by atoms with Crippen molar-refractivity contribution in [2.75, 3.05) is 0 Å². The summed E-state index contributed by atoms with van der Waals surface area (Å²) in [5.41, 5.74) is -0.260. The highest BCUT2D eigenvalue weighted by Crippen LogP contribution is 2.16. The number of hydrogen-bond acceptors (Lipinski definition) is 2. The van der Waals surface area contributed by atoms with Crippen molar-refractivity contribution in [3.63, 3.8) is 0 Å². The van der Waals surface area contributed by atoms with Crippen molar-refractivity contribution in [2.24, 2.45) is 10.8 Å². The van der Waals surface area contributed by atoms with Crippen LogP contribution in [0.4, 0.5) is 0 Å². The van der Waals surface area contributed by atoms with Crippen molar-refractivity contribution in [3.05, 3.63) is 0 Å². The van der Waals surface area contributed by atoms with E-state index in [9.17, 15) is 9.59 Å². The summed E-state index contributed by atoms with van der Waals surface area (Å²) in [6.45, 7) is 15.5. The Morgan fingerprint density at radius 3 is 0.882 bits per heavy atom. The Bertz CT molecular complexity index is 200. The molecular formula is C15H32O2. The topological polar surface area (TPSA) is 34.1 Å². The van der Waals surface area contributed by atoms with Crippen molar-refractivity contribution in [1.82, 2.24) is 0 Å². The molecule has 0 aromatic heterocycles. The zero-order chi connectivity index (χ0) is 13.6. The summed E-state index contributed by atoms with van der Waals surface area (Å²) in [7, 11) is 0. The quantitative estimate of drug-likeness (QED) is 0.708. The fraction of sp³-hybridized carbons (Fsp3) is 0.867. The molecule has 0 aromatic carbocycles. The average Bonchev–Trinajstić information content (AvgIpc) is 2.13. The number of carbonyl (C=O) groups is 2. The van der Waals surface area contributed by atoms with Gasteiger partial charge in [-0.05, 0) is 0 Å². The van der Waals surface area contributed by atoms with E-state index >= 15 is 0 Å². The molecule has 0 heterocycles. The molecule has 104 valence electrons. The summed E-state index contributed by atoms with van der Waals surface area (Å²) in [6.07, 6.45) is 1.31. The highest BCUT2D eigenvalue weighted by molar-refractivity contribution is 5.83. The zero-order valence-corrected chi connectivity index (χ0v) is 12.2. The molecule has 0 saturated heterocycles. The fourth-order valence-corrected chi connectivity index (χ4v) is 1.06. The molecule has 0 saturated carbocycles. The molecule has 0 unspecified atom stereocenters. The van der Waals surface area contributed by atoms with Gasteiger partial charge in [-0.15, -0.1) is 0 Å². The van der Waals surface area contributed by atoms with Crippen LogP contribution < -0.4 is 0 Å². The smallest absolute Gasteiger partial charge is 0.137 e. The van der Waals surface area contributed by atoms with Crippen molar-refractivity contribution in [1.29, 1.82) is 0 Å². The van der Waals surface area contributed by atoms with Gasteiger partial charge in [0.05, 0.1) is 0 Å². The molecule has 0 spiro atoms. The van der Waals surface area contributed by atoms with E-state index in [1.165, 1.54) is 0 Å². The van der Waals surface area contributed by atoms with Crippen molar-refractivity contribution in [3.8, 4) is 0 Å². The van der Waals surface area contributed by atoms with Gasteiger partial charge < -0.3 is 0 Å². The summed E-state index contributed by atoms with van der Waals surface area (Å²) in [5.74, 6) is 0.662. The molecule has 2 heteroatoms. The Hall–Kier alpha value is -0.660. The zero-order valence-electron chi connectivity index (χ0n) is 12.2. The van der Waals surface area contributed by atoms with Gasteiger partial charge in [0.15, 0.2) is 0 Å². The summed E-state index contributed by atoms with van der Waals surface area (Å²) in [6, 6.07) is 0. The molecule has 0 aliphatic heterocycles. The third kappa shape index (κ3) is 11.6. The highest BCUT2D eigenvalue weighted by atomic mass is 16.1. The normalized spacial score (nSPS) is 10.8. The van der Waals surface area contributed by atoms with E-state index in [1.807, 2.05) is 55.4 Å². The largest absolute Gasteiger partial charge is 0.299 e. The van der Waals surface area contributed by atoms with E-state index in [4.69, 9.17) is 0 Å². The SMILES string of the molecule is C.CCC(=O)C(C)(C)C.CCC(=O)C(C)(C)C. The fourth-order valence-electron chi connectivity index (χ4n) is 1.06. The van der Waals surface area contributed by atoms with Gasteiger partial charge in [-0.1, -0.05) is 62.8 Å². The van der Waals surface area contributed by atoms with Crippen molar-refractivity contribution >= 4 is 11.6 Å². The predicted molar refractivity (Wildman–Crippen MR) is 76.2 cm³/mol. The van der Waals surface area contributed by atoms with Crippen LogP contribution in [0.2, 0.25) is 0 Å². The second-order valence-corrected chi connectivity index (χ2v) is 6.05. The molecule has 0 bridgehead atoms. The van der Waals surface area contributed by atoms with Gasteiger partial charge in [-0.3, -0.25) is 9.59 Å². The second kappa shape index (κ2) is 8.43. The Morgan fingerprint density at radius 2 is 0.882 bits per heavy atom. The first-order chi connectivity index (χ1) is 6.96. The van der Waals surface area contributed by atoms with Crippen molar-refractivity contribution in [2.45, 2.75) is 75.7 Å². The monoisotopic (exact) mass is 244 g/mol. The number of carbonyl (C=O) groups excluding carboxylic acids is 2. The molecule has 17 heavy (non-hydrogen) atoms. The van der Waals surface area contributed by atoms with E-state index in [1.54, 1.807) is 0 Å². The van der Waals surface area contributed by atoms with E-state index in [0.29, 0.717) is 24.4 Å². The molecule has 0 rings (SSSR count). The standard InChI is InChI=1S/2C7H14O.CH4/c2*1-5-6(8)7(2,3)4;/h2*5H2,1-4H3;1H4. The first kappa shape index (κ1) is 21.6. The first-order valence-corrected chi connectivity index (χ1v) is 6.03. The molecule has 0 aliphatic carbocycles. The minimum absolute atomic E-state index is 0. The summed E-state index contributed by atoms with van der Waals surface area (Å²) < 4.78 is 0. The molecule has 0 amide bonds. The lowest BCUT2D eigenvalue weighted by Gasteiger charge is -2.13. The second-order valence-electron chi connectivity index (χ2n) is 6.05. The van der Waals surface area contributed by atoms with Crippen LogP contribution in [0.3, 0.4) is 0 Å². The molecule has 0 aliphatic rings. The lowest BCUT2D eigenvalue weighted by molar-refractivity contribution is -0.126. The Balaban J connectivity index is -0.000000218. The van der Waals surface area contributed by atoms with Gasteiger partial charge in [0.25, 0.3) is 0 Å². The van der Waals surface area contributed by atoms with Gasteiger partial charge in [0, 0.05) is 23.7 Å². The van der Waals surface area contributed by atoms with Gasteiger partial charge in [-0.2, -0.15) is 0 Å². The maximum Gasteiger partial charge on any atom is 0.137 e. The Morgan fingerprint density at radius 1 is 0.706 bits per heavy atom. The predicted octanol–water partition coefficient (Wildman–Crippen LogP) is 4.66.